The molecule has 3 rings (SSSR count). The molecule has 0 saturated heterocycles. The summed E-state index contributed by atoms with van der Waals surface area (Å²) in [6, 6.07) is 15.5. The first-order valence-corrected chi connectivity index (χ1v) is 10.2. The molecule has 0 aliphatic carbocycles. The number of nitrogens with one attached hydrogen (secondary N) is 2. The smallest absolute Gasteiger partial charge is 0.263 e. The second-order valence-electron chi connectivity index (χ2n) is 5.81. The van der Waals surface area contributed by atoms with E-state index >= 15 is 0 Å². The molecule has 3 aromatic rings. The van der Waals surface area contributed by atoms with E-state index in [1.165, 1.54) is 12.1 Å². The lowest BCUT2D eigenvalue weighted by Gasteiger charge is -2.14. The van der Waals surface area contributed by atoms with Gasteiger partial charge in [0.1, 0.15) is 0 Å². The SMILES string of the molecule is CCOCCCNc1nc2ccccc2nc1NS(=O)(=O)c1ccccc1. The molecule has 0 radical (unpaired) electrons. The lowest BCUT2D eigenvalue weighted by Crippen LogP contribution is -2.17. The summed E-state index contributed by atoms with van der Waals surface area (Å²) in [7, 11) is -3.76. The predicted octanol–water partition coefficient (Wildman–Crippen LogP) is 3.27. The van der Waals surface area contributed by atoms with E-state index in [1.54, 1.807) is 24.3 Å². The van der Waals surface area contributed by atoms with E-state index in [4.69, 9.17) is 4.74 Å². The van der Waals surface area contributed by atoms with Crippen LogP contribution in [-0.4, -0.2) is 38.1 Å². The minimum Gasteiger partial charge on any atom is -0.382 e. The molecule has 0 fully saturated rings. The van der Waals surface area contributed by atoms with Gasteiger partial charge >= 0.3 is 0 Å². The van der Waals surface area contributed by atoms with Gasteiger partial charge in [-0.15, -0.1) is 0 Å². The van der Waals surface area contributed by atoms with Crippen LogP contribution in [0.1, 0.15) is 13.3 Å². The van der Waals surface area contributed by atoms with Gasteiger partial charge in [-0.2, -0.15) is 0 Å². The van der Waals surface area contributed by atoms with Gasteiger partial charge in [-0.05, 0) is 37.6 Å². The zero-order valence-corrected chi connectivity index (χ0v) is 15.9. The van der Waals surface area contributed by atoms with Gasteiger partial charge < -0.3 is 10.1 Å². The van der Waals surface area contributed by atoms with Crippen molar-refractivity contribution in [1.29, 1.82) is 0 Å². The highest BCUT2D eigenvalue weighted by molar-refractivity contribution is 7.92. The van der Waals surface area contributed by atoms with E-state index in [2.05, 4.69) is 20.0 Å². The second-order valence-corrected chi connectivity index (χ2v) is 7.49. The van der Waals surface area contributed by atoms with Crippen molar-refractivity contribution >= 4 is 32.7 Å². The highest BCUT2D eigenvalue weighted by Gasteiger charge is 2.18. The van der Waals surface area contributed by atoms with E-state index in [0.29, 0.717) is 36.6 Å². The lowest BCUT2D eigenvalue weighted by atomic mass is 10.3. The summed E-state index contributed by atoms with van der Waals surface area (Å²) in [5, 5.41) is 3.16. The standard InChI is InChI=1S/C19H22N4O3S/c1-2-26-14-8-13-20-18-19(22-17-12-7-6-11-16(17)21-18)23-27(24,25)15-9-4-3-5-10-15/h3-7,9-12H,2,8,13-14H2,1H3,(H,20,21)(H,22,23). The number of nitrogens with zero attached hydrogens (tertiary/aromatic N) is 2. The molecule has 8 heteroatoms. The summed E-state index contributed by atoms with van der Waals surface area (Å²) >= 11 is 0. The maximum absolute atomic E-state index is 12.7. The molecule has 2 N–H and O–H groups in total. The first-order chi connectivity index (χ1) is 13.1. The predicted molar refractivity (Wildman–Crippen MR) is 106 cm³/mol. The van der Waals surface area contributed by atoms with Crippen molar-refractivity contribution in [2.75, 3.05) is 29.8 Å². The summed E-state index contributed by atoms with van der Waals surface area (Å²) < 4.78 is 33.2. The third-order valence-electron chi connectivity index (χ3n) is 3.82. The number of hydrogen-bond donors (Lipinski definition) is 2. The average Bonchev–Trinajstić information content (AvgIpc) is 2.68. The van der Waals surface area contributed by atoms with Crippen molar-refractivity contribution in [1.82, 2.24) is 9.97 Å². The molecule has 142 valence electrons. The minimum atomic E-state index is -3.76. The molecular weight excluding hydrogens is 364 g/mol. The Morgan fingerprint density at radius 1 is 0.926 bits per heavy atom. The molecule has 0 aliphatic rings. The van der Waals surface area contributed by atoms with Crippen LogP contribution in [0.2, 0.25) is 0 Å². The van der Waals surface area contributed by atoms with Gasteiger partial charge in [-0.25, -0.2) is 18.4 Å². The number of rotatable bonds is 9. The van der Waals surface area contributed by atoms with Crippen LogP contribution in [0, 0.1) is 0 Å². The van der Waals surface area contributed by atoms with Crippen LogP contribution < -0.4 is 10.0 Å². The summed E-state index contributed by atoms with van der Waals surface area (Å²) in [6.07, 6.45) is 0.771. The molecule has 1 aromatic heterocycles. The maximum Gasteiger partial charge on any atom is 0.263 e. The van der Waals surface area contributed by atoms with E-state index < -0.39 is 10.0 Å². The highest BCUT2D eigenvalue weighted by atomic mass is 32.2. The Balaban J connectivity index is 1.88. The monoisotopic (exact) mass is 386 g/mol. The van der Waals surface area contributed by atoms with E-state index in [-0.39, 0.29) is 10.7 Å². The van der Waals surface area contributed by atoms with E-state index in [9.17, 15) is 8.42 Å². The third kappa shape index (κ3) is 4.93. The number of fused-ring (bicyclic) bond motifs is 1. The van der Waals surface area contributed by atoms with Crippen molar-refractivity contribution in [3.63, 3.8) is 0 Å². The molecule has 0 aliphatic heterocycles. The van der Waals surface area contributed by atoms with Gasteiger partial charge in [0.05, 0.1) is 15.9 Å². The number of para-hydroxylation sites is 2. The molecule has 1 heterocycles. The number of hydrogen-bond acceptors (Lipinski definition) is 6. The summed E-state index contributed by atoms with van der Waals surface area (Å²) in [5.41, 5.74) is 1.30. The van der Waals surface area contributed by atoms with Gasteiger partial charge in [0.2, 0.25) is 0 Å². The zero-order valence-electron chi connectivity index (χ0n) is 15.1. The van der Waals surface area contributed by atoms with Crippen LogP contribution in [0.4, 0.5) is 11.6 Å². The molecule has 0 amide bonds. The first kappa shape index (κ1) is 19.1. The van der Waals surface area contributed by atoms with Gasteiger partial charge in [0, 0.05) is 19.8 Å². The maximum atomic E-state index is 12.7. The number of ether oxygens (including phenoxy) is 1. The van der Waals surface area contributed by atoms with Crippen LogP contribution in [0.15, 0.2) is 59.5 Å². The van der Waals surface area contributed by atoms with Crippen LogP contribution in [0.5, 0.6) is 0 Å². The van der Waals surface area contributed by atoms with Crippen molar-refractivity contribution in [2.45, 2.75) is 18.2 Å². The minimum absolute atomic E-state index is 0.169. The number of sulfonamides is 1. The summed E-state index contributed by atoms with van der Waals surface area (Å²) in [4.78, 5) is 9.15. The van der Waals surface area contributed by atoms with Crippen molar-refractivity contribution in [2.24, 2.45) is 0 Å². The first-order valence-electron chi connectivity index (χ1n) is 8.76. The van der Waals surface area contributed by atoms with Crippen molar-refractivity contribution in [3.05, 3.63) is 54.6 Å². The molecule has 2 aromatic carbocycles. The summed E-state index contributed by atoms with van der Waals surface area (Å²) in [5.74, 6) is 0.568. The normalized spacial score (nSPS) is 11.4. The van der Waals surface area contributed by atoms with E-state index in [1.807, 2.05) is 25.1 Å². The Morgan fingerprint density at radius 2 is 1.56 bits per heavy atom. The third-order valence-corrected chi connectivity index (χ3v) is 5.17. The van der Waals surface area contributed by atoms with Gasteiger partial charge in [-0.3, -0.25) is 4.72 Å². The fraction of sp³-hybridized carbons (Fsp3) is 0.263. The van der Waals surface area contributed by atoms with Crippen molar-refractivity contribution in [3.8, 4) is 0 Å². The molecule has 0 atom stereocenters. The quantitative estimate of drug-likeness (QED) is 0.548. The van der Waals surface area contributed by atoms with Crippen LogP contribution in [0.25, 0.3) is 11.0 Å². The molecule has 0 bridgehead atoms. The van der Waals surface area contributed by atoms with Gasteiger partial charge in [-0.1, -0.05) is 30.3 Å². The Kier molecular flexibility index (Phi) is 6.20. The lowest BCUT2D eigenvalue weighted by molar-refractivity contribution is 0.147. The summed E-state index contributed by atoms with van der Waals surface area (Å²) in [6.45, 7) is 3.82. The van der Waals surface area contributed by atoms with Gasteiger partial charge in [0.25, 0.3) is 10.0 Å². The van der Waals surface area contributed by atoms with Crippen LogP contribution >= 0.6 is 0 Å². The Labute approximate surface area is 158 Å². The highest BCUT2D eigenvalue weighted by Crippen LogP contribution is 2.24. The Hall–Kier alpha value is -2.71. The van der Waals surface area contributed by atoms with Crippen LogP contribution in [-0.2, 0) is 14.8 Å². The van der Waals surface area contributed by atoms with E-state index in [0.717, 1.165) is 6.42 Å². The number of aromatic nitrogens is 2. The largest absolute Gasteiger partial charge is 0.382 e. The van der Waals surface area contributed by atoms with Crippen LogP contribution in [0.3, 0.4) is 0 Å². The molecule has 27 heavy (non-hydrogen) atoms. The zero-order chi connectivity index (χ0) is 19.1. The average molecular weight is 386 g/mol. The topological polar surface area (TPSA) is 93.2 Å². The fourth-order valence-corrected chi connectivity index (χ4v) is 3.54. The Bertz CT molecular complexity index is 994. The van der Waals surface area contributed by atoms with Gasteiger partial charge in [0.15, 0.2) is 11.6 Å². The number of benzene rings is 2. The molecule has 0 unspecified atom stereocenters. The number of anilines is 2. The fourth-order valence-electron chi connectivity index (χ4n) is 2.51. The molecule has 7 nitrogen and oxygen atoms in total. The Morgan fingerprint density at radius 3 is 2.22 bits per heavy atom. The van der Waals surface area contributed by atoms with Crippen molar-refractivity contribution < 1.29 is 13.2 Å². The second kappa shape index (κ2) is 8.79. The molecule has 0 spiro atoms. The molecular formula is C19H22N4O3S. The molecule has 0 saturated carbocycles.